The zero-order chi connectivity index (χ0) is 19.7. The normalized spacial score (nSPS) is 19.0. The summed E-state index contributed by atoms with van der Waals surface area (Å²) in [5.41, 5.74) is 2.66. The molecule has 2 heterocycles. The maximum atomic E-state index is 12.9. The van der Waals surface area contributed by atoms with Crippen molar-refractivity contribution in [2.24, 2.45) is 5.41 Å². The van der Waals surface area contributed by atoms with Gasteiger partial charge in [-0.2, -0.15) is 5.10 Å². The molecule has 2 fully saturated rings. The second-order valence-electron chi connectivity index (χ2n) is 8.26. The summed E-state index contributed by atoms with van der Waals surface area (Å²) in [5.74, 6) is -0.906. The van der Waals surface area contributed by atoms with Gasteiger partial charge >= 0.3 is 5.97 Å². The molecular formula is C22H27N3O3. The number of benzene rings is 1. The highest BCUT2D eigenvalue weighted by atomic mass is 16.4. The van der Waals surface area contributed by atoms with Crippen LogP contribution in [0, 0.1) is 12.3 Å². The molecule has 2 aromatic rings. The van der Waals surface area contributed by atoms with Gasteiger partial charge in [0.25, 0.3) is 5.91 Å². The summed E-state index contributed by atoms with van der Waals surface area (Å²) in [7, 11) is 0. The molecule has 1 aromatic carbocycles. The highest BCUT2D eigenvalue weighted by Gasteiger charge is 2.36. The quantitative estimate of drug-likeness (QED) is 0.870. The van der Waals surface area contributed by atoms with Gasteiger partial charge in [-0.25, -0.2) is 9.48 Å². The van der Waals surface area contributed by atoms with Crippen LogP contribution in [-0.2, 0) is 0 Å². The van der Waals surface area contributed by atoms with Crippen molar-refractivity contribution in [2.45, 2.75) is 51.9 Å². The molecule has 1 saturated carbocycles. The monoisotopic (exact) mass is 381 g/mol. The molecule has 1 amide bonds. The van der Waals surface area contributed by atoms with Gasteiger partial charge in [-0.15, -0.1) is 0 Å². The van der Waals surface area contributed by atoms with E-state index in [0.29, 0.717) is 16.7 Å². The smallest absolute Gasteiger partial charge is 0.339 e. The summed E-state index contributed by atoms with van der Waals surface area (Å²) in [6.45, 7) is 3.42. The summed E-state index contributed by atoms with van der Waals surface area (Å²) in [4.78, 5) is 26.1. The molecule has 6 nitrogen and oxygen atoms in total. The van der Waals surface area contributed by atoms with Crippen molar-refractivity contribution in [2.75, 3.05) is 13.1 Å². The number of carboxylic acid groups (broad SMARTS) is 1. The average Bonchev–Trinajstić information content (AvgIpc) is 3.10. The lowest BCUT2D eigenvalue weighted by Gasteiger charge is -2.44. The molecule has 28 heavy (non-hydrogen) atoms. The van der Waals surface area contributed by atoms with Crippen LogP contribution < -0.4 is 0 Å². The highest BCUT2D eigenvalue weighted by Crippen LogP contribution is 2.44. The molecular weight excluding hydrogens is 354 g/mol. The van der Waals surface area contributed by atoms with E-state index < -0.39 is 5.97 Å². The number of nitrogens with zero attached hydrogens (tertiary/aromatic N) is 3. The van der Waals surface area contributed by atoms with E-state index in [1.807, 2.05) is 29.2 Å². The van der Waals surface area contributed by atoms with Crippen molar-refractivity contribution >= 4 is 11.9 Å². The zero-order valence-corrected chi connectivity index (χ0v) is 16.4. The first-order chi connectivity index (χ1) is 13.5. The third kappa shape index (κ3) is 3.43. The molecule has 1 saturated heterocycles. The summed E-state index contributed by atoms with van der Waals surface area (Å²) < 4.78 is 1.59. The zero-order valence-electron chi connectivity index (χ0n) is 16.4. The Bertz CT molecular complexity index is 869. The molecule has 4 rings (SSSR count). The molecule has 6 heteroatoms. The Labute approximate surface area is 165 Å². The fraction of sp³-hybridized carbons (Fsp3) is 0.500. The minimum atomic E-state index is -0.989. The van der Waals surface area contributed by atoms with Gasteiger partial charge in [-0.3, -0.25) is 4.79 Å². The number of rotatable bonds is 3. The largest absolute Gasteiger partial charge is 0.478 e. The standard InChI is InChI=1S/C22H27N3O3/c1-16-19(21(27)28)15-23-25(16)18-7-5-17(6-8-18)20(26)24-13-11-22(12-14-24)9-3-2-4-10-22/h5-8,15H,2-4,9-14H2,1H3,(H,27,28). The molecule has 1 aromatic heterocycles. The second kappa shape index (κ2) is 7.41. The number of hydrogen-bond acceptors (Lipinski definition) is 3. The third-order valence-electron chi connectivity index (χ3n) is 6.62. The van der Waals surface area contributed by atoms with Crippen molar-refractivity contribution in [1.82, 2.24) is 14.7 Å². The molecule has 1 spiro atoms. The van der Waals surface area contributed by atoms with Crippen LogP contribution in [0.15, 0.2) is 30.5 Å². The molecule has 148 valence electrons. The lowest BCUT2D eigenvalue weighted by molar-refractivity contribution is 0.0471. The molecule has 0 unspecified atom stereocenters. The molecule has 1 aliphatic carbocycles. The minimum absolute atomic E-state index is 0.0839. The fourth-order valence-electron chi connectivity index (χ4n) is 4.79. The SMILES string of the molecule is Cc1c(C(=O)O)cnn1-c1ccc(C(=O)N2CCC3(CCCCC3)CC2)cc1. The van der Waals surface area contributed by atoms with E-state index in [2.05, 4.69) is 5.10 Å². The molecule has 2 aliphatic rings. The first-order valence-electron chi connectivity index (χ1n) is 10.2. The van der Waals surface area contributed by atoms with Crippen molar-refractivity contribution in [3.8, 4) is 5.69 Å². The van der Waals surface area contributed by atoms with Gasteiger partial charge in [0.2, 0.25) is 0 Å². The number of piperidine rings is 1. The van der Waals surface area contributed by atoms with Crippen LogP contribution in [0.4, 0.5) is 0 Å². The van der Waals surface area contributed by atoms with Gasteiger partial charge < -0.3 is 10.0 Å². The van der Waals surface area contributed by atoms with Crippen molar-refractivity contribution in [1.29, 1.82) is 0 Å². The average molecular weight is 381 g/mol. The number of hydrogen-bond donors (Lipinski definition) is 1. The van der Waals surface area contributed by atoms with E-state index in [1.165, 1.54) is 38.3 Å². The van der Waals surface area contributed by atoms with Crippen LogP contribution in [0.5, 0.6) is 0 Å². The third-order valence-corrected chi connectivity index (χ3v) is 6.62. The maximum Gasteiger partial charge on any atom is 0.339 e. The summed E-state index contributed by atoms with van der Waals surface area (Å²) in [6.07, 6.45) is 10.3. The van der Waals surface area contributed by atoms with Crippen LogP contribution in [0.2, 0.25) is 0 Å². The fourth-order valence-corrected chi connectivity index (χ4v) is 4.79. The van der Waals surface area contributed by atoms with Gasteiger partial charge in [0.15, 0.2) is 0 Å². The van der Waals surface area contributed by atoms with Crippen LogP contribution in [0.3, 0.4) is 0 Å². The van der Waals surface area contributed by atoms with Gasteiger partial charge in [-0.1, -0.05) is 19.3 Å². The highest BCUT2D eigenvalue weighted by molar-refractivity contribution is 5.94. The lowest BCUT2D eigenvalue weighted by Crippen LogP contribution is -2.43. The Hall–Kier alpha value is -2.63. The number of carbonyl (C=O) groups excluding carboxylic acids is 1. The summed E-state index contributed by atoms with van der Waals surface area (Å²) in [5, 5.41) is 13.3. The van der Waals surface area contributed by atoms with Crippen LogP contribution >= 0.6 is 0 Å². The predicted octanol–water partition coefficient (Wildman–Crippen LogP) is 4.07. The Morgan fingerprint density at radius 2 is 1.64 bits per heavy atom. The number of likely N-dealkylation sites (tertiary alicyclic amines) is 1. The molecule has 0 bridgehead atoms. The number of carboxylic acids is 1. The van der Waals surface area contributed by atoms with Gasteiger partial charge in [0.05, 0.1) is 17.6 Å². The maximum absolute atomic E-state index is 12.9. The molecule has 1 N–H and O–H groups in total. The Morgan fingerprint density at radius 3 is 2.21 bits per heavy atom. The first kappa shape index (κ1) is 18.7. The van der Waals surface area contributed by atoms with E-state index in [4.69, 9.17) is 0 Å². The van der Waals surface area contributed by atoms with E-state index >= 15 is 0 Å². The predicted molar refractivity (Wildman–Crippen MR) is 106 cm³/mol. The van der Waals surface area contributed by atoms with Gasteiger partial charge in [-0.05, 0) is 62.3 Å². The second-order valence-corrected chi connectivity index (χ2v) is 8.26. The summed E-state index contributed by atoms with van der Waals surface area (Å²) >= 11 is 0. The first-order valence-corrected chi connectivity index (χ1v) is 10.2. The summed E-state index contributed by atoms with van der Waals surface area (Å²) in [6, 6.07) is 7.27. The van der Waals surface area contributed by atoms with E-state index in [-0.39, 0.29) is 11.5 Å². The van der Waals surface area contributed by atoms with Gasteiger partial charge in [0, 0.05) is 18.7 Å². The van der Waals surface area contributed by atoms with E-state index in [9.17, 15) is 14.7 Å². The lowest BCUT2D eigenvalue weighted by atomic mass is 9.68. The Morgan fingerprint density at radius 1 is 1.00 bits per heavy atom. The van der Waals surface area contributed by atoms with E-state index in [0.717, 1.165) is 31.6 Å². The molecule has 0 radical (unpaired) electrons. The topological polar surface area (TPSA) is 75.4 Å². The van der Waals surface area contributed by atoms with Gasteiger partial charge in [0.1, 0.15) is 5.56 Å². The number of aromatic nitrogens is 2. The number of amides is 1. The number of aromatic carboxylic acids is 1. The van der Waals surface area contributed by atoms with Crippen LogP contribution in [0.1, 0.15) is 71.4 Å². The van der Waals surface area contributed by atoms with Crippen molar-refractivity contribution < 1.29 is 14.7 Å². The molecule has 0 atom stereocenters. The minimum Gasteiger partial charge on any atom is -0.478 e. The Balaban J connectivity index is 1.44. The van der Waals surface area contributed by atoms with Crippen molar-refractivity contribution in [3.05, 3.63) is 47.3 Å². The van der Waals surface area contributed by atoms with Crippen LogP contribution in [-0.4, -0.2) is 44.8 Å². The number of carbonyl (C=O) groups is 2. The Kier molecular flexibility index (Phi) is 4.96. The molecule has 1 aliphatic heterocycles. The van der Waals surface area contributed by atoms with Crippen LogP contribution in [0.25, 0.3) is 5.69 Å². The van der Waals surface area contributed by atoms with E-state index in [1.54, 1.807) is 11.6 Å². The van der Waals surface area contributed by atoms with Crippen molar-refractivity contribution in [3.63, 3.8) is 0 Å².